The van der Waals surface area contributed by atoms with Gasteiger partial charge in [-0.25, -0.2) is 4.79 Å². The zero-order valence-electron chi connectivity index (χ0n) is 20.5. The van der Waals surface area contributed by atoms with Gasteiger partial charge in [0.1, 0.15) is 5.58 Å². The van der Waals surface area contributed by atoms with Crippen LogP contribution in [0, 0.1) is 0 Å². The lowest BCUT2D eigenvalue weighted by Crippen LogP contribution is -2.45. The molecule has 0 radical (unpaired) electrons. The van der Waals surface area contributed by atoms with Crippen molar-refractivity contribution in [3.8, 4) is 0 Å². The first-order valence-corrected chi connectivity index (χ1v) is 12.8. The van der Waals surface area contributed by atoms with Crippen LogP contribution in [-0.2, 0) is 16.8 Å². The third kappa shape index (κ3) is 5.06. The maximum absolute atomic E-state index is 14.2. The van der Waals surface area contributed by atoms with Gasteiger partial charge in [-0.1, -0.05) is 85.6 Å². The van der Waals surface area contributed by atoms with Gasteiger partial charge in [0.2, 0.25) is 5.91 Å². The standard InChI is InChI=1S/C31H32N2O3/c34-29-22-27(26-16-7-8-17-28(26)36-29)32-20-11-21-33(23-24-12-3-1-4-13-24)30(35)31(18-9-10-19-31)25-14-5-2-6-15-25/h1-8,12-17,22,32H,9-11,18-21,23H2. The highest BCUT2D eigenvalue weighted by molar-refractivity contribution is 5.90. The summed E-state index contributed by atoms with van der Waals surface area (Å²) in [5, 5.41) is 4.28. The van der Waals surface area contributed by atoms with Crippen LogP contribution in [0.15, 0.2) is 100 Å². The molecule has 36 heavy (non-hydrogen) atoms. The van der Waals surface area contributed by atoms with Gasteiger partial charge in [-0.2, -0.15) is 0 Å². The van der Waals surface area contributed by atoms with Gasteiger partial charge in [0, 0.05) is 31.1 Å². The van der Waals surface area contributed by atoms with Gasteiger partial charge < -0.3 is 14.6 Å². The van der Waals surface area contributed by atoms with Crippen molar-refractivity contribution >= 4 is 22.6 Å². The van der Waals surface area contributed by atoms with Gasteiger partial charge >= 0.3 is 5.63 Å². The number of carbonyl (C=O) groups excluding carboxylic acids is 1. The average molecular weight is 481 g/mol. The summed E-state index contributed by atoms with van der Waals surface area (Å²) in [6.07, 6.45) is 4.70. The zero-order chi connectivity index (χ0) is 24.8. The molecule has 5 nitrogen and oxygen atoms in total. The summed E-state index contributed by atoms with van der Waals surface area (Å²) in [6.45, 7) is 1.87. The highest BCUT2D eigenvalue weighted by Crippen LogP contribution is 2.43. The molecule has 1 aromatic heterocycles. The first-order chi connectivity index (χ1) is 17.7. The summed E-state index contributed by atoms with van der Waals surface area (Å²) in [7, 11) is 0. The Morgan fingerprint density at radius 1 is 0.889 bits per heavy atom. The van der Waals surface area contributed by atoms with Crippen molar-refractivity contribution < 1.29 is 9.21 Å². The Kier molecular flexibility index (Phi) is 7.17. The molecule has 1 heterocycles. The number of para-hydroxylation sites is 1. The van der Waals surface area contributed by atoms with Crippen LogP contribution >= 0.6 is 0 Å². The van der Waals surface area contributed by atoms with Crippen LogP contribution in [0.3, 0.4) is 0 Å². The molecule has 1 N–H and O–H groups in total. The first-order valence-electron chi connectivity index (χ1n) is 12.8. The minimum Gasteiger partial charge on any atom is -0.423 e. The van der Waals surface area contributed by atoms with Crippen molar-refractivity contribution in [1.82, 2.24) is 4.90 Å². The van der Waals surface area contributed by atoms with E-state index in [-0.39, 0.29) is 11.5 Å². The lowest BCUT2D eigenvalue weighted by atomic mass is 9.77. The van der Waals surface area contributed by atoms with Crippen molar-refractivity contribution in [1.29, 1.82) is 0 Å². The summed E-state index contributed by atoms with van der Waals surface area (Å²) in [5.74, 6) is 0.223. The zero-order valence-corrected chi connectivity index (χ0v) is 20.5. The number of hydrogen-bond donors (Lipinski definition) is 1. The molecule has 1 saturated carbocycles. The molecule has 0 bridgehead atoms. The minimum absolute atomic E-state index is 0.223. The van der Waals surface area contributed by atoms with Crippen molar-refractivity contribution in [2.45, 2.75) is 44.1 Å². The number of nitrogens with zero attached hydrogens (tertiary/aromatic N) is 1. The van der Waals surface area contributed by atoms with E-state index in [2.05, 4.69) is 29.6 Å². The fraction of sp³-hybridized carbons (Fsp3) is 0.290. The lowest BCUT2D eigenvalue weighted by molar-refractivity contribution is -0.138. The number of hydrogen-bond acceptors (Lipinski definition) is 4. The van der Waals surface area contributed by atoms with E-state index in [9.17, 15) is 9.59 Å². The number of anilines is 1. The number of carbonyl (C=O) groups is 1. The van der Waals surface area contributed by atoms with Crippen LogP contribution in [0.1, 0.15) is 43.2 Å². The summed E-state index contributed by atoms with van der Waals surface area (Å²) >= 11 is 0. The third-order valence-corrected chi connectivity index (χ3v) is 7.27. The van der Waals surface area contributed by atoms with Gasteiger partial charge in [-0.15, -0.1) is 0 Å². The summed E-state index contributed by atoms with van der Waals surface area (Å²) in [5.41, 5.74) is 2.78. The molecule has 3 aromatic carbocycles. The number of amides is 1. The van der Waals surface area contributed by atoms with Gasteiger partial charge in [0.05, 0.1) is 11.1 Å². The molecule has 4 aromatic rings. The van der Waals surface area contributed by atoms with E-state index < -0.39 is 5.41 Å². The molecular weight excluding hydrogens is 448 g/mol. The molecule has 0 saturated heterocycles. The number of nitrogens with one attached hydrogen (secondary N) is 1. The fourth-order valence-corrected chi connectivity index (χ4v) is 5.47. The van der Waals surface area contributed by atoms with E-state index in [1.54, 1.807) is 6.07 Å². The molecule has 0 aliphatic heterocycles. The van der Waals surface area contributed by atoms with Gasteiger partial charge in [0.25, 0.3) is 0 Å². The Morgan fingerprint density at radius 3 is 2.31 bits per heavy atom. The molecule has 1 aliphatic rings. The second kappa shape index (κ2) is 10.8. The van der Waals surface area contributed by atoms with Crippen molar-refractivity contribution in [2.75, 3.05) is 18.4 Å². The molecule has 5 rings (SSSR count). The second-order valence-corrected chi connectivity index (χ2v) is 9.62. The van der Waals surface area contributed by atoms with Crippen LogP contribution in [-0.4, -0.2) is 23.9 Å². The van der Waals surface area contributed by atoms with E-state index >= 15 is 0 Å². The van der Waals surface area contributed by atoms with E-state index in [1.807, 2.05) is 59.5 Å². The number of fused-ring (bicyclic) bond motifs is 1. The predicted molar refractivity (Wildman–Crippen MR) is 144 cm³/mol. The van der Waals surface area contributed by atoms with Crippen LogP contribution < -0.4 is 10.9 Å². The lowest BCUT2D eigenvalue weighted by Gasteiger charge is -2.35. The highest BCUT2D eigenvalue weighted by Gasteiger charge is 2.44. The van der Waals surface area contributed by atoms with Crippen LogP contribution in [0.2, 0.25) is 0 Å². The molecule has 1 amide bonds. The largest absolute Gasteiger partial charge is 0.423 e. The Bertz CT molecular complexity index is 1360. The topological polar surface area (TPSA) is 62.6 Å². The molecule has 5 heteroatoms. The molecule has 1 fully saturated rings. The molecule has 1 aliphatic carbocycles. The van der Waals surface area contributed by atoms with Crippen LogP contribution in [0.4, 0.5) is 5.69 Å². The third-order valence-electron chi connectivity index (χ3n) is 7.27. The van der Waals surface area contributed by atoms with E-state index in [0.29, 0.717) is 25.2 Å². The van der Waals surface area contributed by atoms with Gasteiger partial charge in [-0.05, 0) is 42.5 Å². The van der Waals surface area contributed by atoms with Gasteiger partial charge in [-0.3, -0.25) is 4.79 Å². The van der Waals surface area contributed by atoms with E-state index in [0.717, 1.165) is 54.3 Å². The smallest absolute Gasteiger partial charge is 0.338 e. The normalized spacial score (nSPS) is 14.6. The summed E-state index contributed by atoms with van der Waals surface area (Å²) < 4.78 is 5.31. The quantitative estimate of drug-likeness (QED) is 0.231. The fourth-order valence-electron chi connectivity index (χ4n) is 5.47. The molecule has 184 valence electrons. The number of benzene rings is 3. The Balaban J connectivity index is 1.34. The number of rotatable bonds is 9. The average Bonchev–Trinajstić information content (AvgIpc) is 3.42. The SMILES string of the molecule is O=C(N(CCCNc1cc(=O)oc2ccccc12)Cc1ccccc1)C1(c2ccccc2)CCCC1. The monoisotopic (exact) mass is 480 g/mol. The minimum atomic E-state index is -0.446. The molecule has 0 atom stereocenters. The van der Waals surface area contributed by atoms with Crippen molar-refractivity contribution in [3.05, 3.63) is 113 Å². The van der Waals surface area contributed by atoms with Crippen molar-refractivity contribution in [2.24, 2.45) is 0 Å². The molecular formula is C31H32N2O3. The first kappa shape index (κ1) is 23.9. The Morgan fingerprint density at radius 2 is 1.56 bits per heavy atom. The van der Waals surface area contributed by atoms with Crippen LogP contribution in [0.25, 0.3) is 11.0 Å². The molecule has 0 spiro atoms. The predicted octanol–water partition coefficient (Wildman–Crippen LogP) is 6.14. The summed E-state index contributed by atoms with van der Waals surface area (Å²) in [6, 6.07) is 29.5. The maximum atomic E-state index is 14.2. The molecule has 0 unspecified atom stereocenters. The highest BCUT2D eigenvalue weighted by atomic mass is 16.4. The summed E-state index contributed by atoms with van der Waals surface area (Å²) in [4.78, 5) is 28.2. The van der Waals surface area contributed by atoms with Crippen molar-refractivity contribution in [3.63, 3.8) is 0 Å². The second-order valence-electron chi connectivity index (χ2n) is 9.62. The Labute approximate surface area is 211 Å². The van der Waals surface area contributed by atoms with Crippen LogP contribution in [0.5, 0.6) is 0 Å². The Hall–Kier alpha value is -3.86. The maximum Gasteiger partial charge on any atom is 0.338 e. The van der Waals surface area contributed by atoms with E-state index in [1.165, 1.54) is 6.07 Å². The van der Waals surface area contributed by atoms with Gasteiger partial charge in [0.15, 0.2) is 0 Å². The van der Waals surface area contributed by atoms with E-state index in [4.69, 9.17) is 4.42 Å².